The monoisotopic (exact) mass is 1240 g/mol. The molecule has 0 spiro atoms. The van der Waals surface area contributed by atoms with Gasteiger partial charge in [-0.05, 0) is 93.2 Å². The van der Waals surface area contributed by atoms with Crippen molar-refractivity contribution in [3.63, 3.8) is 0 Å². The van der Waals surface area contributed by atoms with Gasteiger partial charge in [0.2, 0.25) is 5.91 Å². The summed E-state index contributed by atoms with van der Waals surface area (Å²) in [6, 6.07) is 10.4. The number of Topliss-reactive ketones (excluding diaryl/α,β-unsaturated/α-hetero) is 2. The zero-order valence-corrected chi connectivity index (χ0v) is 52.0. The number of primary amides is 1. The van der Waals surface area contributed by atoms with Crippen LogP contribution in [0.2, 0.25) is 0 Å². The maximum absolute atomic E-state index is 14.3. The number of aliphatic hydroxyl groups is 1. The summed E-state index contributed by atoms with van der Waals surface area (Å²) < 4.78 is 29.5. The van der Waals surface area contributed by atoms with Gasteiger partial charge < -0.3 is 55.0 Å². The fraction of sp³-hybridized carbons (Fsp3) is 0.477. The number of ether oxygens (including phenoxy) is 5. The number of nitrogens with two attached hydrogens (primary N) is 1. The summed E-state index contributed by atoms with van der Waals surface area (Å²) in [6.45, 7) is 13.1. The molecule has 3 aromatic rings. The van der Waals surface area contributed by atoms with Gasteiger partial charge in [0.15, 0.2) is 35.0 Å². The van der Waals surface area contributed by atoms with Gasteiger partial charge >= 0.3 is 12.1 Å². The number of ketones is 2. The van der Waals surface area contributed by atoms with Crippen LogP contribution in [0.3, 0.4) is 0 Å². The fourth-order valence-electron chi connectivity index (χ4n) is 11.5. The van der Waals surface area contributed by atoms with E-state index < -0.39 is 48.2 Å². The molecule has 5 heterocycles. The molecule has 2 saturated heterocycles. The number of nitrogens with zero attached hydrogens (tertiary/aromatic N) is 5. The summed E-state index contributed by atoms with van der Waals surface area (Å²) in [5.74, 6) is -1.78. The van der Waals surface area contributed by atoms with Crippen molar-refractivity contribution in [3.05, 3.63) is 106 Å². The highest BCUT2D eigenvalue weighted by Gasteiger charge is 2.47. The normalized spacial score (nSPS) is 18.4. The zero-order chi connectivity index (χ0) is 64.1. The molecule has 0 unspecified atom stereocenters. The first kappa shape index (κ1) is 66.4. The lowest BCUT2D eigenvalue weighted by molar-refractivity contribution is -0.137. The topological polar surface area (TPSA) is 295 Å². The molecule has 476 valence electrons. The molecule has 0 saturated carbocycles. The predicted molar refractivity (Wildman–Crippen MR) is 333 cm³/mol. The molecule has 3 aromatic carbocycles. The Balaban J connectivity index is 0.859. The Bertz CT molecular complexity index is 3290. The second-order valence-corrected chi connectivity index (χ2v) is 24.0. The molecule has 5 aliphatic rings. The van der Waals surface area contributed by atoms with Crippen molar-refractivity contribution < 1.29 is 71.9 Å². The second-order valence-electron chi connectivity index (χ2n) is 23.2. The minimum Gasteiger partial charge on any atom is -0.493 e. The van der Waals surface area contributed by atoms with Crippen LogP contribution in [0.5, 0.6) is 23.0 Å². The lowest BCUT2D eigenvalue weighted by atomic mass is 9.88. The molecule has 8 amide bonds. The molecular formula is C65H80N8O15S. The number of aliphatic hydroxyl groups excluding tert-OH is 1. The first-order valence-electron chi connectivity index (χ1n) is 30.1. The number of hydrogen-bond donors (Lipinski definition) is 4. The van der Waals surface area contributed by atoms with E-state index in [0.29, 0.717) is 109 Å². The summed E-state index contributed by atoms with van der Waals surface area (Å²) >= 11 is 1.22. The first-order chi connectivity index (χ1) is 42.7. The quantitative estimate of drug-likeness (QED) is 0.0275. The number of methoxy groups -OCH3 is 2. The number of carbonyl (C=O) groups excluding carboxylic acids is 9. The molecule has 0 bridgehead atoms. The third-order valence-electron chi connectivity index (χ3n) is 16.4. The van der Waals surface area contributed by atoms with Crippen LogP contribution in [0.4, 0.5) is 21.0 Å². The molecule has 89 heavy (non-hydrogen) atoms. The number of carbonyl (C=O) groups is 9. The molecule has 2 fully saturated rings. The van der Waals surface area contributed by atoms with E-state index in [9.17, 15) is 48.3 Å². The third kappa shape index (κ3) is 16.4. The van der Waals surface area contributed by atoms with Gasteiger partial charge in [0.25, 0.3) is 23.6 Å². The largest absolute Gasteiger partial charge is 0.493 e. The molecule has 23 nitrogen and oxygen atoms in total. The third-order valence-corrected chi connectivity index (χ3v) is 17.2. The van der Waals surface area contributed by atoms with Crippen LogP contribution >= 0.6 is 11.8 Å². The number of aliphatic imine (C=N–C) groups is 1. The summed E-state index contributed by atoms with van der Waals surface area (Å²) in [5.41, 5.74) is 9.14. The van der Waals surface area contributed by atoms with Crippen LogP contribution in [-0.4, -0.2) is 163 Å². The minimum atomic E-state index is -1.54. The Morgan fingerprint density at radius 3 is 2.09 bits per heavy atom. The number of fused-ring (bicyclic) bond motifs is 4. The molecule has 5 atom stereocenters. The number of thioether (sulfide) groups is 1. The Labute approximate surface area is 522 Å². The fourth-order valence-corrected chi connectivity index (χ4v) is 12.0. The summed E-state index contributed by atoms with van der Waals surface area (Å²) in [4.78, 5) is 130. The summed E-state index contributed by atoms with van der Waals surface area (Å²) in [5, 5.41) is 17.4. The SMILES string of the molecule is C=C1C[C@H]2C=Nc3cc(OCCCCCOc4cc5c(cc4OC)C(=O)N4CC(=C)C[C@H]4[C@H](O)N5C(=O)OCc4ccc(CC(=O)[C@H](CCCNC(N)=O)NC(=O)[C@@H](CC(=O)CCCCCN5C(=O)C=C(SC)C5=O)C(C)C)cc4)c(OC)cc3C(=O)N2C1. The van der Waals surface area contributed by atoms with E-state index in [0.717, 1.165) is 10.5 Å². The average molecular weight is 1250 g/mol. The van der Waals surface area contributed by atoms with Crippen molar-refractivity contribution in [2.24, 2.45) is 22.6 Å². The second kappa shape index (κ2) is 30.6. The molecule has 8 rings (SSSR count). The van der Waals surface area contributed by atoms with E-state index in [1.165, 1.54) is 54.0 Å². The lowest BCUT2D eigenvalue weighted by Crippen LogP contribution is -2.50. The number of unbranched alkanes of at least 4 members (excludes halogenated alkanes) is 4. The molecule has 24 heteroatoms. The standard InChI is InChI=1S/C65H80N8O15S/c1-38(2)45(28-44(74)15-10-8-11-22-70-58(76)33-57(89-7)63(70)81)59(77)69-48(16-14-21-67-64(66)82)52(75)27-41-17-19-42(20-18-41)37-88-65(83)73-50-32-56(54(85-6)30-47(50)61(79)72-36-40(4)26-51(72)62(73)80)87-24-13-9-12-23-86-55-31-49-46(29-53(55)84-5)60(78)71-35-39(3)25-43(71)34-68-49/h17-20,29-34,38,43,45,48,51,62,80H,3-4,8-16,21-28,35-37H2,1-2,5-7H3,(H,69,77)(H3,66,67,82)/t43-,45-,48-,51-,62-/m0/s1. The van der Waals surface area contributed by atoms with E-state index in [4.69, 9.17) is 29.4 Å². The van der Waals surface area contributed by atoms with Gasteiger partial charge in [0.05, 0.1) is 73.0 Å². The molecule has 0 aromatic heterocycles. The number of imide groups is 1. The maximum atomic E-state index is 14.3. The predicted octanol–water partition coefficient (Wildman–Crippen LogP) is 7.52. The van der Waals surface area contributed by atoms with Crippen LogP contribution in [0.1, 0.15) is 123 Å². The van der Waals surface area contributed by atoms with Gasteiger partial charge in [-0.2, -0.15) is 0 Å². The van der Waals surface area contributed by atoms with Gasteiger partial charge in [0, 0.05) is 75.8 Å². The number of nitrogens with one attached hydrogen (secondary N) is 2. The Morgan fingerprint density at radius 1 is 0.787 bits per heavy atom. The number of benzene rings is 3. The van der Waals surface area contributed by atoms with Gasteiger partial charge in [-0.1, -0.05) is 68.8 Å². The number of rotatable bonds is 31. The molecule has 5 N–H and O–H groups in total. The minimum absolute atomic E-state index is 0.0423. The lowest BCUT2D eigenvalue weighted by Gasteiger charge is -2.31. The molecular weight excluding hydrogens is 1160 g/mol. The van der Waals surface area contributed by atoms with Crippen LogP contribution in [0.25, 0.3) is 0 Å². The van der Waals surface area contributed by atoms with Gasteiger partial charge in [0.1, 0.15) is 12.4 Å². The molecule has 5 aliphatic heterocycles. The highest BCUT2D eigenvalue weighted by Crippen LogP contribution is 2.43. The Hall–Kier alpha value is -8.51. The maximum Gasteiger partial charge on any atom is 0.416 e. The number of amides is 8. The van der Waals surface area contributed by atoms with Crippen molar-refractivity contribution in [2.45, 2.75) is 128 Å². The summed E-state index contributed by atoms with van der Waals surface area (Å²) in [6.07, 6.45) is 7.35. The van der Waals surface area contributed by atoms with Crippen LogP contribution < -0.4 is 40.2 Å². The average Bonchev–Trinajstić information content (AvgIpc) is 1.77. The van der Waals surface area contributed by atoms with E-state index >= 15 is 0 Å². The number of hydrogen-bond acceptors (Lipinski definition) is 17. The molecule has 0 radical (unpaired) electrons. The van der Waals surface area contributed by atoms with E-state index in [2.05, 4.69) is 28.8 Å². The zero-order valence-electron chi connectivity index (χ0n) is 51.2. The molecule has 0 aliphatic carbocycles. The number of urea groups is 1. The van der Waals surface area contributed by atoms with Gasteiger partial charge in [-0.15, -0.1) is 11.8 Å². The van der Waals surface area contributed by atoms with Crippen LogP contribution in [-0.2, 0) is 41.7 Å². The Kier molecular flexibility index (Phi) is 22.9. The van der Waals surface area contributed by atoms with Gasteiger partial charge in [-0.25, -0.2) is 14.5 Å². The van der Waals surface area contributed by atoms with Crippen LogP contribution in [0, 0.1) is 11.8 Å². The van der Waals surface area contributed by atoms with Crippen LogP contribution in [0.15, 0.2) is 88.8 Å². The van der Waals surface area contributed by atoms with Crippen molar-refractivity contribution in [2.75, 3.05) is 64.8 Å². The van der Waals surface area contributed by atoms with Crippen molar-refractivity contribution >= 4 is 82.6 Å². The smallest absolute Gasteiger partial charge is 0.416 e. The Morgan fingerprint density at radius 2 is 1.43 bits per heavy atom. The number of anilines is 1. The van der Waals surface area contributed by atoms with Gasteiger partial charge in [-0.3, -0.25) is 43.5 Å². The van der Waals surface area contributed by atoms with E-state index in [-0.39, 0.29) is 129 Å². The van der Waals surface area contributed by atoms with E-state index in [1.807, 2.05) is 13.8 Å². The highest BCUT2D eigenvalue weighted by atomic mass is 32.2. The van der Waals surface area contributed by atoms with Crippen molar-refractivity contribution in [1.29, 1.82) is 0 Å². The van der Waals surface area contributed by atoms with Crippen molar-refractivity contribution in [3.8, 4) is 23.0 Å². The first-order valence-corrected chi connectivity index (χ1v) is 31.3. The highest BCUT2D eigenvalue weighted by molar-refractivity contribution is 8.03. The van der Waals surface area contributed by atoms with Crippen molar-refractivity contribution in [1.82, 2.24) is 25.3 Å². The van der Waals surface area contributed by atoms with E-state index in [1.54, 1.807) is 53.8 Å². The summed E-state index contributed by atoms with van der Waals surface area (Å²) in [7, 11) is 2.95.